The predicted molar refractivity (Wildman–Crippen MR) is 126 cm³/mol. The number of rotatable bonds is 7. The summed E-state index contributed by atoms with van der Waals surface area (Å²) in [5.74, 6) is -0.627. The molecule has 162 valence electrons. The number of esters is 1. The summed E-state index contributed by atoms with van der Waals surface area (Å²) in [5, 5.41) is 5.77. The van der Waals surface area contributed by atoms with Crippen LogP contribution in [-0.4, -0.2) is 25.1 Å². The van der Waals surface area contributed by atoms with Crippen LogP contribution in [0.4, 0.5) is 5.00 Å². The second-order valence-corrected chi connectivity index (χ2v) is 8.51. The van der Waals surface area contributed by atoms with Crippen LogP contribution in [0.15, 0.2) is 41.8 Å². The lowest BCUT2D eigenvalue weighted by molar-refractivity contribution is -0.118. The topological polar surface area (TPSA) is 64.6 Å². The van der Waals surface area contributed by atoms with E-state index in [1.165, 1.54) is 17.4 Å². The minimum atomic E-state index is -0.494. The number of nitrogens with one attached hydrogen (secondary N) is 1. The molecule has 3 rings (SSSR count). The van der Waals surface area contributed by atoms with Crippen molar-refractivity contribution >= 4 is 51.4 Å². The minimum Gasteiger partial charge on any atom is -0.482 e. The summed E-state index contributed by atoms with van der Waals surface area (Å²) in [4.78, 5) is 25.2. The van der Waals surface area contributed by atoms with Crippen LogP contribution in [0.25, 0.3) is 11.1 Å². The molecule has 31 heavy (non-hydrogen) atoms. The number of amides is 1. The molecule has 3 aromatic rings. The minimum absolute atomic E-state index is 0.227. The zero-order chi connectivity index (χ0) is 22.5. The van der Waals surface area contributed by atoms with Crippen LogP contribution >= 0.6 is 34.5 Å². The molecule has 0 atom stereocenters. The van der Waals surface area contributed by atoms with E-state index in [2.05, 4.69) is 5.32 Å². The second kappa shape index (κ2) is 10.2. The Kier molecular flexibility index (Phi) is 7.59. The van der Waals surface area contributed by atoms with Gasteiger partial charge < -0.3 is 14.8 Å². The Labute approximate surface area is 194 Å². The molecular formula is C23H21Cl2NO4S. The van der Waals surface area contributed by atoms with Crippen LogP contribution in [0.5, 0.6) is 5.75 Å². The molecule has 1 heterocycles. The molecule has 5 nitrogen and oxygen atoms in total. The van der Waals surface area contributed by atoms with Crippen molar-refractivity contribution in [2.24, 2.45) is 0 Å². The van der Waals surface area contributed by atoms with Crippen LogP contribution in [0.1, 0.15) is 28.4 Å². The lowest BCUT2D eigenvalue weighted by atomic mass is 9.99. The van der Waals surface area contributed by atoms with Crippen LogP contribution in [0, 0.1) is 13.8 Å². The number of carbonyl (C=O) groups excluding carboxylic acids is 2. The van der Waals surface area contributed by atoms with E-state index in [4.69, 9.17) is 32.7 Å². The molecule has 0 aliphatic carbocycles. The normalized spacial score (nSPS) is 10.6. The van der Waals surface area contributed by atoms with Gasteiger partial charge in [-0.1, -0.05) is 41.4 Å². The van der Waals surface area contributed by atoms with Crippen molar-refractivity contribution in [1.29, 1.82) is 0 Å². The maximum absolute atomic E-state index is 12.7. The summed E-state index contributed by atoms with van der Waals surface area (Å²) in [6.07, 6.45) is 0. The largest absolute Gasteiger partial charge is 0.482 e. The van der Waals surface area contributed by atoms with Gasteiger partial charge in [0.2, 0.25) is 0 Å². The third-order valence-corrected chi connectivity index (χ3v) is 6.04. The molecule has 0 bridgehead atoms. The summed E-state index contributed by atoms with van der Waals surface area (Å²) in [7, 11) is 0. The lowest BCUT2D eigenvalue weighted by Gasteiger charge is -2.11. The van der Waals surface area contributed by atoms with E-state index in [0.29, 0.717) is 31.9 Å². The molecule has 0 fully saturated rings. The first-order valence-electron chi connectivity index (χ1n) is 9.54. The molecule has 1 N–H and O–H groups in total. The van der Waals surface area contributed by atoms with Crippen molar-refractivity contribution < 1.29 is 19.1 Å². The van der Waals surface area contributed by atoms with E-state index < -0.39 is 11.9 Å². The number of hydrogen-bond acceptors (Lipinski definition) is 5. The number of ether oxygens (including phenoxy) is 2. The molecule has 0 saturated carbocycles. The number of anilines is 1. The van der Waals surface area contributed by atoms with Crippen LogP contribution in [0.2, 0.25) is 10.0 Å². The van der Waals surface area contributed by atoms with Crippen molar-refractivity contribution in [2.75, 3.05) is 18.5 Å². The van der Waals surface area contributed by atoms with Gasteiger partial charge in [0.05, 0.1) is 11.6 Å². The Morgan fingerprint density at radius 3 is 2.55 bits per heavy atom. The third kappa shape index (κ3) is 5.58. The van der Waals surface area contributed by atoms with Gasteiger partial charge >= 0.3 is 5.97 Å². The molecule has 1 aromatic heterocycles. The smallest absolute Gasteiger partial charge is 0.341 e. The Balaban J connectivity index is 1.84. The van der Waals surface area contributed by atoms with Crippen molar-refractivity contribution in [1.82, 2.24) is 0 Å². The van der Waals surface area contributed by atoms with Gasteiger partial charge in [-0.15, -0.1) is 11.3 Å². The number of benzene rings is 2. The average Bonchev–Trinajstić information content (AvgIpc) is 3.14. The van der Waals surface area contributed by atoms with Gasteiger partial charge in [0.25, 0.3) is 5.91 Å². The molecule has 0 aliphatic rings. The Bertz CT molecular complexity index is 1130. The summed E-state index contributed by atoms with van der Waals surface area (Å²) in [5.41, 5.74) is 4.17. The highest BCUT2D eigenvalue weighted by molar-refractivity contribution is 7.15. The first kappa shape index (κ1) is 23.1. The molecule has 0 spiro atoms. The fourth-order valence-electron chi connectivity index (χ4n) is 2.87. The molecule has 8 heteroatoms. The molecule has 1 amide bonds. The predicted octanol–water partition coefficient (Wildman–Crippen LogP) is 6.53. The summed E-state index contributed by atoms with van der Waals surface area (Å²) >= 11 is 13.3. The molecule has 0 unspecified atom stereocenters. The van der Waals surface area contributed by atoms with Crippen LogP contribution < -0.4 is 10.1 Å². The molecular weight excluding hydrogens is 457 g/mol. The van der Waals surface area contributed by atoms with Crippen molar-refractivity contribution in [3.63, 3.8) is 0 Å². The second-order valence-electron chi connectivity index (χ2n) is 6.78. The highest BCUT2D eigenvalue weighted by Gasteiger charge is 2.23. The quantitative estimate of drug-likeness (QED) is 0.392. The van der Waals surface area contributed by atoms with Crippen molar-refractivity contribution in [3.8, 4) is 16.9 Å². The number of hydrogen-bond donors (Lipinski definition) is 1. The van der Waals surface area contributed by atoms with Crippen LogP contribution in [0.3, 0.4) is 0 Å². The third-order valence-electron chi connectivity index (χ3n) is 4.59. The number of aryl methyl sites for hydroxylation is 2. The highest BCUT2D eigenvalue weighted by Crippen LogP contribution is 2.37. The van der Waals surface area contributed by atoms with E-state index in [1.807, 2.05) is 37.4 Å². The first-order chi connectivity index (χ1) is 14.8. The zero-order valence-electron chi connectivity index (χ0n) is 17.3. The van der Waals surface area contributed by atoms with E-state index in [1.54, 1.807) is 19.1 Å². The molecule has 0 aliphatic heterocycles. The monoisotopic (exact) mass is 477 g/mol. The lowest BCUT2D eigenvalue weighted by Crippen LogP contribution is -2.21. The van der Waals surface area contributed by atoms with Crippen LogP contribution in [-0.2, 0) is 9.53 Å². The van der Waals surface area contributed by atoms with Gasteiger partial charge in [-0.3, -0.25) is 4.79 Å². The van der Waals surface area contributed by atoms with Crippen molar-refractivity contribution in [3.05, 3.63) is 68.5 Å². The summed E-state index contributed by atoms with van der Waals surface area (Å²) in [6, 6.07) is 10.7. The van der Waals surface area contributed by atoms with Gasteiger partial charge in [-0.2, -0.15) is 0 Å². The SMILES string of the molecule is CCOC(=O)c1c(-c2ccc(C)c(C)c2)csc1NC(=O)COc1cc(Cl)ccc1Cl. The first-order valence-corrected chi connectivity index (χ1v) is 11.2. The van der Waals surface area contributed by atoms with Crippen molar-refractivity contribution in [2.45, 2.75) is 20.8 Å². The fraction of sp³-hybridized carbons (Fsp3) is 0.217. The maximum Gasteiger partial charge on any atom is 0.341 e. The number of thiophene rings is 1. The number of halogens is 2. The van der Waals surface area contributed by atoms with E-state index >= 15 is 0 Å². The molecule has 0 saturated heterocycles. The van der Waals surface area contributed by atoms with Gasteiger partial charge in [0.15, 0.2) is 6.61 Å². The Hall–Kier alpha value is -2.54. The fourth-order valence-corrected chi connectivity index (χ4v) is 4.18. The molecule has 2 aromatic carbocycles. The zero-order valence-corrected chi connectivity index (χ0v) is 19.6. The molecule has 0 radical (unpaired) electrons. The number of carbonyl (C=O) groups is 2. The Morgan fingerprint density at radius 1 is 1.06 bits per heavy atom. The van der Waals surface area contributed by atoms with E-state index in [9.17, 15) is 9.59 Å². The standard InChI is InChI=1S/C23H21Cl2NO4S/c1-4-29-23(28)21-17(15-6-5-13(2)14(3)9-15)12-31-22(21)26-20(27)11-30-19-10-16(24)7-8-18(19)25/h5-10,12H,4,11H2,1-3H3,(H,26,27). The highest BCUT2D eigenvalue weighted by atomic mass is 35.5. The maximum atomic E-state index is 12.7. The van der Waals surface area contributed by atoms with E-state index in [0.717, 1.165) is 16.7 Å². The summed E-state index contributed by atoms with van der Waals surface area (Å²) < 4.78 is 10.7. The van der Waals surface area contributed by atoms with Gasteiger partial charge in [-0.05, 0) is 49.6 Å². The Morgan fingerprint density at radius 2 is 1.84 bits per heavy atom. The average molecular weight is 478 g/mol. The van der Waals surface area contributed by atoms with E-state index in [-0.39, 0.29) is 13.2 Å². The summed E-state index contributed by atoms with van der Waals surface area (Å²) in [6.45, 7) is 5.71. The van der Waals surface area contributed by atoms with Gasteiger partial charge in [0, 0.05) is 22.0 Å². The van der Waals surface area contributed by atoms with Gasteiger partial charge in [0.1, 0.15) is 16.3 Å². The van der Waals surface area contributed by atoms with Gasteiger partial charge in [-0.25, -0.2) is 4.79 Å².